The van der Waals surface area contributed by atoms with Crippen molar-refractivity contribution in [1.29, 1.82) is 0 Å². The molecule has 0 spiro atoms. The van der Waals surface area contributed by atoms with E-state index < -0.39 is 5.97 Å². The molecule has 1 aliphatic rings. The van der Waals surface area contributed by atoms with Gasteiger partial charge in [0.2, 0.25) is 0 Å². The second-order valence-electron chi connectivity index (χ2n) is 4.74. The van der Waals surface area contributed by atoms with E-state index in [1.54, 1.807) is 0 Å². The van der Waals surface area contributed by atoms with Crippen LogP contribution in [0.3, 0.4) is 0 Å². The molecule has 2 rings (SSSR count). The topological polar surface area (TPSA) is 65.5 Å². The Balaban J connectivity index is 2.30. The summed E-state index contributed by atoms with van der Waals surface area (Å²) in [6.45, 7) is 3.86. The largest absolute Gasteiger partial charge is 0.478 e. The van der Waals surface area contributed by atoms with Gasteiger partial charge in [-0.05, 0) is 38.9 Å². The first-order valence-electron chi connectivity index (χ1n) is 6.23. The van der Waals surface area contributed by atoms with Crippen molar-refractivity contribution in [2.45, 2.75) is 25.8 Å². The van der Waals surface area contributed by atoms with Gasteiger partial charge in [0.05, 0.1) is 5.69 Å². The Morgan fingerprint density at radius 2 is 2.17 bits per heavy atom. The predicted molar refractivity (Wildman–Crippen MR) is 70.2 cm³/mol. The van der Waals surface area contributed by atoms with Crippen LogP contribution in [0, 0.1) is 6.92 Å². The van der Waals surface area contributed by atoms with Gasteiger partial charge in [-0.2, -0.15) is 0 Å². The highest BCUT2D eigenvalue weighted by molar-refractivity contribution is 5.94. The number of hydrogen-bond acceptors (Lipinski definition) is 4. The number of carboxylic acids is 1. The lowest BCUT2D eigenvalue weighted by molar-refractivity contribution is 0.0697. The van der Waals surface area contributed by atoms with Crippen molar-refractivity contribution >= 4 is 11.7 Å². The van der Waals surface area contributed by atoms with Crippen molar-refractivity contribution < 1.29 is 9.90 Å². The van der Waals surface area contributed by atoms with Crippen LogP contribution in [-0.2, 0) is 0 Å². The van der Waals surface area contributed by atoms with Gasteiger partial charge < -0.3 is 15.3 Å². The number of rotatable bonds is 3. The fraction of sp³-hybridized carbons (Fsp3) is 0.538. The molecule has 2 heterocycles. The fourth-order valence-electron chi connectivity index (χ4n) is 2.39. The van der Waals surface area contributed by atoms with E-state index in [1.165, 1.54) is 6.20 Å². The lowest BCUT2D eigenvalue weighted by atomic mass is 10.0. The Morgan fingerprint density at radius 3 is 2.78 bits per heavy atom. The third-order valence-electron chi connectivity index (χ3n) is 3.49. The highest BCUT2D eigenvalue weighted by Gasteiger charge is 2.22. The van der Waals surface area contributed by atoms with Gasteiger partial charge >= 0.3 is 5.97 Å². The molecule has 98 valence electrons. The summed E-state index contributed by atoms with van der Waals surface area (Å²) in [4.78, 5) is 17.4. The summed E-state index contributed by atoms with van der Waals surface area (Å²) in [6.07, 6.45) is 3.53. The highest BCUT2D eigenvalue weighted by Crippen LogP contribution is 2.24. The Hall–Kier alpha value is -1.62. The van der Waals surface area contributed by atoms with E-state index in [1.807, 2.05) is 20.0 Å². The summed E-state index contributed by atoms with van der Waals surface area (Å²) in [5.74, 6) is -0.918. The average molecular weight is 249 g/mol. The van der Waals surface area contributed by atoms with Gasteiger partial charge in [-0.15, -0.1) is 0 Å². The smallest absolute Gasteiger partial charge is 0.339 e. The lowest BCUT2D eigenvalue weighted by Gasteiger charge is -2.34. The van der Waals surface area contributed by atoms with E-state index in [0.717, 1.165) is 37.3 Å². The van der Waals surface area contributed by atoms with Crippen molar-refractivity contribution in [3.05, 3.63) is 23.5 Å². The van der Waals surface area contributed by atoms with E-state index >= 15 is 0 Å². The third kappa shape index (κ3) is 2.61. The van der Waals surface area contributed by atoms with E-state index in [9.17, 15) is 9.90 Å². The number of carbonyl (C=O) groups is 1. The molecule has 1 fully saturated rings. The van der Waals surface area contributed by atoms with Crippen molar-refractivity contribution in [3.63, 3.8) is 0 Å². The molecule has 2 N–H and O–H groups in total. The van der Waals surface area contributed by atoms with Crippen LogP contribution < -0.4 is 10.2 Å². The molecule has 0 aromatic carbocycles. The summed E-state index contributed by atoms with van der Waals surface area (Å²) in [7, 11) is 1.97. The minimum absolute atomic E-state index is 0.279. The summed E-state index contributed by atoms with van der Waals surface area (Å²) < 4.78 is 0. The molecule has 18 heavy (non-hydrogen) atoms. The average Bonchev–Trinajstić information content (AvgIpc) is 2.38. The first kappa shape index (κ1) is 12.8. The number of aromatic nitrogens is 1. The number of anilines is 1. The van der Waals surface area contributed by atoms with Crippen LogP contribution in [0.5, 0.6) is 0 Å². The maximum Gasteiger partial charge on any atom is 0.339 e. The number of pyridine rings is 1. The monoisotopic (exact) mass is 249 g/mol. The van der Waals surface area contributed by atoms with Crippen LogP contribution in [0.2, 0.25) is 0 Å². The van der Waals surface area contributed by atoms with Crippen molar-refractivity contribution in [2.75, 3.05) is 25.0 Å². The van der Waals surface area contributed by atoms with Crippen LogP contribution >= 0.6 is 0 Å². The van der Waals surface area contributed by atoms with Gasteiger partial charge in [-0.3, -0.25) is 4.98 Å². The van der Waals surface area contributed by atoms with Gasteiger partial charge in [0.1, 0.15) is 5.56 Å². The summed E-state index contributed by atoms with van der Waals surface area (Å²) in [6, 6.07) is 2.25. The van der Waals surface area contributed by atoms with Gasteiger partial charge in [0, 0.05) is 25.0 Å². The van der Waals surface area contributed by atoms with Crippen molar-refractivity contribution in [1.82, 2.24) is 10.3 Å². The molecular weight excluding hydrogens is 230 g/mol. The van der Waals surface area contributed by atoms with Crippen molar-refractivity contribution in [2.24, 2.45) is 0 Å². The molecule has 1 aliphatic heterocycles. The standard InChI is InChI=1S/C13H19N3O2/c1-9-7-12(11(8-15-9)13(17)18)16(2)10-3-5-14-6-4-10/h7-8,10,14H,3-6H2,1-2H3,(H,17,18). The van der Waals surface area contributed by atoms with E-state index in [2.05, 4.69) is 15.2 Å². The van der Waals surface area contributed by atoms with Gasteiger partial charge in [-0.1, -0.05) is 0 Å². The Bertz CT molecular complexity index is 442. The maximum atomic E-state index is 11.2. The normalized spacial score (nSPS) is 16.6. The van der Waals surface area contributed by atoms with E-state index in [-0.39, 0.29) is 5.56 Å². The molecule has 0 saturated carbocycles. The third-order valence-corrected chi connectivity index (χ3v) is 3.49. The molecule has 0 aliphatic carbocycles. The lowest BCUT2D eigenvalue weighted by Crippen LogP contribution is -2.41. The van der Waals surface area contributed by atoms with Gasteiger partial charge in [-0.25, -0.2) is 4.79 Å². The molecule has 0 unspecified atom stereocenters. The number of hydrogen-bond donors (Lipinski definition) is 2. The van der Waals surface area contributed by atoms with Gasteiger partial charge in [0.15, 0.2) is 0 Å². The first-order chi connectivity index (χ1) is 8.59. The van der Waals surface area contributed by atoms with Crippen LogP contribution in [0.1, 0.15) is 28.9 Å². The summed E-state index contributed by atoms with van der Waals surface area (Å²) in [5.41, 5.74) is 1.89. The molecule has 0 amide bonds. The summed E-state index contributed by atoms with van der Waals surface area (Å²) in [5, 5.41) is 12.5. The van der Waals surface area contributed by atoms with E-state index in [0.29, 0.717) is 6.04 Å². The zero-order chi connectivity index (χ0) is 13.1. The molecule has 0 bridgehead atoms. The highest BCUT2D eigenvalue weighted by atomic mass is 16.4. The second kappa shape index (κ2) is 5.35. The van der Waals surface area contributed by atoms with Gasteiger partial charge in [0.25, 0.3) is 0 Å². The van der Waals surface area contributed by atoms with Crippen LogP contribution in [0.4, 0.5) is 5.69 Å². The Labute approximate surface area is 107 Å². The Kier molecular flexibility index (Phi) is 3.81. The molecular formula is C13H19N3O2. The summed E-state index contributed by atoms with van der Waals surface area (Å²) >= 11 is 0. The molecule has 0 radical (unpaired) electrons. The molecule has 0 atom stereocenters. The number of carboxylic acid groups (broad SMARTS) is 1. The minimum atomic E-state index is -0.918. The first-order valence-corrected chi connectivity index (χ1v) is 6.23. The molecule has 5 heteroatoms. The Morgan fingerprint density at radius 1 is 1.50 bits per heavy atom. The SMILES string of the molecule is Cc1cc(N(C)C2CCNCC2)c(C(=O)O)cn1. The maximum absolute atomic E-state index is 11.2. The zero-order valence-corrected chi connectivity index (χ0v) is 10.8. The molecule has 5 nitrogen and oxygen atoms in total. The number of nitrogens with one attached hydrogen (secondary N) is 1. The second-order valence-corrected chi connectivity index (χ2v) is 4.74. The minimum Gasteiger partial charge on any atom is -0.478 e. The number of piperidine rings is 1. The molecule has 1 saturated heterocycles. The van der Waals surface area contributed by atoms with E-state index in [4.69, 9.17) is 0 Å². The van der Waals surface area contributed by atoms with Crippen molar-refractivity contribution in [3.8, 4) is 0 Å². The van der Waals surface area contributed by atoms with Crippen LogP contribution in [0.15, 0.2) is 12.3 Å². The zero-order valence-electron chi connectivity index (χ0n) is 10.8. The number of aryl methyl sites for hydroxylation is 1. The van der Waals surface area contributed by atoms with Crippen LogP contribution in [-0.4, -0.2) is 42.2 Å². The number of nitrogens with zero attached hydrogens (tertiary/aromatic N) is 2. The molecule has 1 aromatic heterocycles. The number of aromatic carboxylic acids is 1. The molecule has 1 aromatic rings. The fourth-order valence-corrected chi connectivity index (χ4v) is 2.39. The van der Waals surface area contributed by atoms with Crippen LogP contribution in [0.25, 0.3) is 0 Å². The predicted octanol–water partition coefficient (Wildman–Crippen LogP) is 1.28. The quantitative estimate of drug-likeness (QED) is 0.844.